The molecule has 1 unspecified atom stereocenters. The number of rotatable bonds is 4. The van der Waals surface area contributed by atoms with Gasteiger partial charge in [0.15, 0.2) is 0 Å². The minimum atomic E-state index is -0.512. The van der Waals surface area contributed by atoms with E-state index in [2.05, 4.69) is 34.9 Å². The Labute approximate surface area is 132 Å². The molecule has 0 aliphatic heterocycles. The van der Waals surface area contributed by atoms with Gasteiger partial charge in [-0.25, -0.2) is 4.79 Å². The summed E-state index contributed by atoms with van der Waals surface area (Å²) in [5, 5.41) is 5.57. The maximum atomic E-state index is 11.9. The number of carbonyl (C=O) groups excluding carboxylic acids is 2. The maximum absolute atomic E-state index is 11.9. The van der Waals surface area contributed by atoms with Gasteiger partial charge in [-0.2, -0.15) is 0 Å². The molecule has 1 aliphatic rings. The average Bonchev–Trinajstić information content (AvgIpc) is 2.51. The van der Waals surface area contributed by atoms with Gasteiger partial charge in [-0.15, -0.1) is 0 Å². The van der Waals surface area contributed by atoms with Gasteiger partial charge in [-0.1, -0.05) is 24.3 Å². The summed E-state index contributed by atoms with van der Waals surface area (Å²) < 4.78 is 0. The van der Waals surface area contributed by atoms with Crippen molar-refractivity contribution in [2.24, 2.45) is 5.92 Å². The van der Waals surface area contributed by atoms with E-state index in [-0.39, 0.29) is 11.9 Å². The standard InChI is InChI=1S/C17H25N3O2/c1-12(16(21)20(2)3)19-17(22)18-11-13-8-9-14-6-4-5-7-15(14)10-13/h4-7,12-13H,8-11H2,1-3H3,(H2,18,19,22)/t12-,13?/m0/s1. The Hall–Kier alpha value is -2.04. The molecule has 2 rings (SSSR count). The van der Waals surface area contributed by atoms with E-state index in [0.717, 1.165) is 19.3 Å². The fourth-order valence-electron chi connectivity index (χ4n) is 2.88. The summed E-state index contributed by atoms with van der Waals surface area (Å²) in [6.07, 6.45) is 3.16. The zero-order valence-corrected chi connectivity index (χ0v) is 13.6. The van der Waals surface area contributed by atoms with Crippen LogP contribution in [0.4, 0.5) is 4.79 Å². The van der Waals surface area contributed by atoms with Gasteiger partial charge in [-0.3, -0.25) is 4.79 Å². The number of benzene rings is 1. The Kier molecular flexibility index (Phi) is 5.41. The zero-order valence-electron chi connectivity index (χ0n) is 13.6. The molecular weight excluding hydrogens is 278 g/mol. The summed E-state index contributed by atoms with van der Waals surface area (Å²) in [7, 11) is 3.36. The second kappa shape index (κ2) is 7.29. The summed E-state index contributed by atoms with van der Waals surface area (Å²) in [5.74, 6) is 0.349. The minimum Gasteiger partial charge on any atom is -0.347 e. The number of aryl methyl sites for hydroxylation is 1. The fraction of sp³-hybridized carbons (Fsp3) is 0.529. The molecule has 0 heterocycles. The van der Waals surface area contributed by atoms with Gasteiger partial charge >= 0.3 is 6.03 Å². The van der Waals surface area contributed by atoms with Crippen molar-refractivity contribution in [3.8, 4) is 0 Å². The lowest BCUT2D eigenvalue weighted by Gasteiger charge is -2.25. The predicted octanol–water partition coefficient (Wildman–Crippen LogP) is 1.57. The van der Waals surface area contributed by atoms with Crippen LogP contribution in [0.1, 0.15) is 24.5 Å². The molecule has 2 N–H and O–H groups in total. The molecule has 0 bridgehead atoms. The van der Waals surface area contributed by atoms with Crippen molar-refractivity contribution >= 4 is 11.9 Å². The lowest BCUT2D eigenvalue weighted by molar-refractivity contribution is -0.130. The number of fused-ring (bicyclic) bond motifs is 1. The monoisotopic (exact) mass is 303 g/mol. The van der Waals surface area contributed by atoms with Crippen molar-refractivity contribution in [1.29, 1.82) is 0 Å². The van der Waals surface area contributed by atoms with Crippen LogP contribution in [0, 0.1) is 5.92 Å². The summed E-state index contributed by atoms with van der Waals surface area (Å²) in [6, 6.07) is 7.70. The number of carbonyl (C=O) groups is 2. The highest BCUT2D eigenvalue weighted by Gasteiger charge is 2.20. The first kappa shape index (κ1) is 16.3. The second-order valence-corrected chi connectivity index (χ2v) is 6.19. The van der Waals surface area contributed by atoms with E-state index in [1.165, 1.54) is 16.0 Å². The van der Waals surface area contributed by atoms with E-state index >= 15 is 0 Å². The highest BCUT2D eigenvalue weighted by atomic mass is 16.2. The molecule has 5 nitrogen and oxygen atoms in total. The van der Waals surface area contributed by atoms with E-state index in [1.807, 2.05) is 0 Å². The molecule has 1 aliphatic carbocycles. The molecule has 0 fully saturated rings. The van der Waals surface area contributed by atoms with E-state index < -0.39 is 6.04 Å². The predicted molar refractivity (Wildman–Crippen MR) is 86.6 cm³/mol. The number of hydrogen-bond acceptors (Lipinski definition) is 2. The molecule has 0 spiro atoms. The smallest absolute Gasteiger partial charge is 0.315 e. The molecule has 3 amide bonds. The highest BCUT2D eigenvalue weighted by Crippen LogP contribution is 2.24. The Morgan fingerprint density at radius 2 is 1.95 bits per heavy atom. The third-order valence-corrected chi connectivity index (χ3v) is 4.16. The molecule has 0 radical (unpaired) electrons. The van der Waals surface area contributed by atoms with Crippen LogP contribution in [0.25, 0.3) is 0 Å². The zero-order chi connectivity index (χ0) is 16.1. The molecular formula is C17H25N3O2. The van der Waals surface area contributed by atoms with Crippen LogP contribution in [0.15, 0.2) is 24.3 Å². The van der Waals surface area contributed by atoms with E-state index in [1.54, 1.807) is 21.0 Å². The van der Waals surface area contributed by atoms with Crippen molar-refractivity contribution in [2.45, 2.75) is 32.2 Å². The summed E-state index contributed by atoms with van der Waals surface area (Å²) >= 11 is 0. The Morgan fingerprint density at radius 3 is 2.64 bits per heavy atom. The van der Waals surface area contributed by atoms with Gasteiger partial charge < -0.3 is 15.5 Å². The first-order valence-corrected chi connectivity index (χ1v) is 7.79. The molecule has 22 heavy (non-hydrogen) atoms. The number of likely N-dealkylation sites (N-methyl/N-ethyl adjacent to an activating group) is 1. The molecule has 0 saturated heterocycles. The van der Waals surface area contributed by atoms with Crippen molar-refractivity contribution in [3.05, 3.63) is 35.4 Å². The highest BCUT2D eigenvalue weighted by molar-refractivity contribution is 5.86. The molecule has 0 aromatic heterocycles. The van der Waals surface area contributed by atoms with Crippen LogP contribution in [-0.4, -0.2) is 43.5 Å². The average molecular weight is 303 g/mol. The topological polar surface area (TPSA) is 61.4 Å². The summed E-state index contributed by atoms with van der Waals surface area (Å²) in [6.45, 7) is 2.34. The minimum absolute atomic E-state index is 0.109. The van der Waals surface area contributed by atoms with Crippen molar-refractivity contribution < 1.29 is 9.59 Å². The first-order valence-electron chi connectivity index (χ1n) is 7.79. The fourth-order valence-corrected chi connectivity index (χ4v) is 2.88. The van der Waals surface area contributed by atoms with E-state index in [9.17, 15) is 9.59 Å². The van der Waals surface area contributed by atoms with Crippen LogP contribution in [0.3, 0.4) is 0 Å². The number of nitrogens with one attached hydrogen (secondary N) is 2. The normalized spacial score (nSPS) is 18.0. The number of nitrogens with zero attached hydrogens (tertiary/aromatic N) is 1. The Bertz CT molecular complexity index is 542. The SMILES string of the molecule is C[C@H](NC(=O)NCC1CCc2ccccc2C1)C(=O)N(C)C. The number of amides is 3. The number of urea groups is 1. The van der Waals surface area contributed by atoms with Gasteiger partial charge in [0.2, 0.25) is 5.91 Å². The lowest BCUT2D eigenvalue weighted by Crippen LogP contribution is -2.49. The van der Waals surface area contributed by atoms with Gasteiger partial charge in [0.05, 0.1) is 0 Å². The van der Waals surface area contributed by atoms with Crippen LogP contribution >= 0.6 is 0 Å². The van der Waals surface area contributed by atoms with Gasteiger partial charge in [0.25, 0.3) is 0 Å². The molecule has 120 valence electrons. The molecule has 1 aromatic carbocycles. The Balaban J connectivity index is 1.77. The van der Waals surface area contributed by atoms with Gasteiger partial charge in [0, 0.05) is 20.6 Å². The van der Waals surface area contributed by atoms with Crippen LogP contribution < -0.4 is 10.6 Å². The molecule has 0 saturated carbocycles. The lowest BCUT2D eigenvalue weighted by atomic mass is 9.84. The van der Waals surface area contributed by atoms with Gasteiger partial charge in [-0.05, 0) is 43.2 Å². The molecule has 5 heteroatoms. The van der Waals surface area contributed by atoms with Crippen LogP contribution in [-0.2, 0) is 17.6 Å². The quantitative estimate of drug-likeness (QED) is 0.887. The van der Waals surface area contributed by atoms with Crippen LogP contribution in [0.2, 0.25) is 0 Å². The summed E-state index contributed by atoms with van der Waals surface area (Å²) in [4.78, 5) is 25.1. The Morgan fingerprint density at radius 1 is 1.27 bits per heavy atom. The van der Waals surface area contributed by atoms with Crippen molar-refractivity contribution in [3.63, 3.8) is 0 Å². The number of hydrogen-bond donors (Lipinski definition) is 2. The van der Waals surface area contributed by atoms with Gasteiger partial charge in [0.1, 0.15) is 6.04 Å². The van der Waals surface area contributed by atoms with E-state index in [4.69, 9.17) is 0 Å². The first-order chi connectivity index (χ1) is 10.5. The third-order valence-electron chi connectivity index (χ3n) is 4.16. The molecule has 1 aromatic rings. The summed E-state index contributed by atoms with van der Waals surface area (Å²) in [5.41, 5.74) is 2.81. The third kappa shape index (κ3) is 4.23. The van der Waals surface area contributed by atoms with Crippen molar-refractivity contribution in [1.82, 2.24) is 15.5 Å². The van der Waals surface area contributed by atoms with E-state index in [0.29, 0.717) is 12.5 Å². The molecule has 2 atom stereocenters. The van der Waals surface area contributed by atoms with Crippen LogP contribution in [0.5, 0.6) is 0 Å². The largest absolute Gasteiger partial charge is 0.347 e. The maximum Gasteiger partial charge on any atom is 0.315 e. The van der Waals surface area contributed by atoms with Crippen molar-refractivity contribution in [2.75, 3.05) is 20.6 Å². The second-order valence-electron chi connectivity index (χ2n) is 6.19.